The first kappa shape index (κ1) is 17.0. The zero-order valence-corrected chi connectivity index (χ0v) is 16.8. The van der Waals surface area contributed by atoms with Gasteiger partial charge in [0.1, 0.15) is 0 Å². The summed E-state index contributed by atoms with van der Waals surface area (Å²) < 4.78 is 0. The molecule has 0 heterocycles. The van der Waals surface area contributed by atoms with Gasteiger partial charge in [0.15, 0.2) is 0 Å². The number of hydrogen-bond acceptors (Lipinski definition) is 0. The molecule has 2 aromatic rings. The molecule has 0 amide bonds. The van der Waals surface area contributed by atoms with E-state index in [-0.39, 0.29) is 0 Å². The zero-order valence-electron chi connectivity index (χ0n) is 14.8. The molecular weight excluding hydrogens is 296 g/mol. The van der Waals surface area contributed by atoms with Gasteiger partial charge in [-0.05, 0) is 11.1 Å². The lowest BCUT2D eigenvalue weighted by Crippen LogP contribution is -2.37. The number of benzene rings is 2. The van der Waals surface area contributed by atoms with Gasteiger partial charge in [-0.1, -0.05) is 110 Å². The molecule has 0 aliphatic carbocycles. The fourth-order valence-corrected chi connectivity index (χ4v) is 4.71. The predicted molar refractivity (Wildman–Crippen MR) is 108 cm³/mol. The van der Waals surface area contributed by atoms with E-state index < -0.39 is 16.1 Å². The SMILES string of the molecule is C[Si](C)(C)c1ccc(/C=C\c2ccc([Si](C)(C)C)cc2)cc1. The Bertz CT molecular complexity index is 577. The van der Waals surface area contributed by atoms with Crippen LogP contribution in [0.5, 0.6) is 0 Å². The standard InChI is InChI=1S/C20H28Si2/c1-21(2,3)19-13-9-17(10-14-19)7-8-18-11-15-20(16-12-18)22(4,5)6/h7-16H,1-6H3/b8-7-. The van der Waals surface area contributed by atoms with E-state index in [9.17, 15) is 0 Å². The summed E-state index contributed by atoms with van der Waals surface area (Å²) in [5.41, 5.74) is 2.55. The van der Waals surface area contributed by atoms with Crippen molar-refractivity contribution in [2.45, 2.75) is 39.3 Å². The molecule has 2 aromatic carbocycles. The van der Waals surface area contributed by atoms with Crippen LogP contribution >= 0.6 is 0 Å². The van der Waals surface area contributed by atoms with Crippen LogP contribution in [0.2, 0.25) is 39.3 Å². The molecular formula is C20H28Si2. The van der Waals surface area contributed by atoms with Crippen molar-refractivity contribution in [1.82, 2.24) is 0 Å². The molecule has 0 aliphatic rings. The highest BCUT2D eigenvalue weighted by atomic mass is 28.3. The summed E-state index contributed by atoms with van der Waals surface area (Å²) >= 11 is 0. The summed E-state index contributed by atoms with van der Waals surface area (Å²) in [6, 6.07) is 18.1. The van der Waals surface area contributed by atoms with Crippen LogP contribution < -0.4 is 10.4 Å². The van der Waals surface area contributed by atoms with Gasteiger partial charge in [-0.2, -0.15) is 0 Å². The molecule has 0 saturated carbocycles. The Morgan fingerprint density at radius 2 is 0.773 bits per heavy atom. The van der Waals surface area contributed by atoms with Crippen molar-refractivity contribution >= 4 is 38.7 Å². The van der Waals surface area contributed by atoms with Crippen molar-refractivity contribution < 1.29 is 0 Å². The molecule has 116 valence electrons. The van der Waals surface area contributed by atoms with E-state index in [4.69, 9.17) is 0 Å². The molecule has 2 heteroatoms. The van der Waals surface area contributed by atoms with Crippen molar-refractivity contribution in [3.63, 3.8) is 0 Å². The van der Waals surface area contributed by atoms with Crippen LogP contribution in [0.3, 0.4) is 0 Å². The number of rotatable bonds is 4. The maximum atomic E-state index is 2.39. The lowest BCUT2D eigenvalue weighted by atomic mass is 10.1. The van der Waals surface area contributed by atoms with Crippen molar-refractivity contribution in [2.24, 2.45) is 0 Å². The molecule has 0 N–H and O–H groups in total. The Morgan fingerprint density at radius 3 is 1.00 bits per heavy atom. The topological polar surface area (TPSA) is 0 Å². The molecule has 2 rings (SSSR count). The first-order chi connectivity index (χ1) is 10.2. The highest BCUT2D eigenvalue weighted by Gasteiger charge is 2.16. The van der Waals surface area contributed by atoms with E-state index in [0.29, 0.717) is 0 Å². The smallest absolute Gasteiger partial charge is 0.0656 e. The Morgan fingerprint density at radius 1 is 0.500 bits per heavy atom. The third-order valence-corrected chi connectivity index (χ3v) is 8.15. The molecule has 0 unspecified atom stereocenters. The maximum absolute atomic E-state index is 2.39. The van der Waals surface area contributed by atoms with Gasteiger partial charge in [0.2, 0.25) is 0 Å². The van der Waals surface area contributed by atoms with Crippen LogP contribution in [0.25, 0.3) is 12.2 Å². The first-order valence-corrected chi connectivity index (χ1v) is 15.1. The molecule has 0 spiro atoms. The molecule has 0 radical (unpaired) electrons. The summed E-state index contributed by atoms with van der Waals surface area (Å²) in [7, 11) is -2.38. The Labute approximate surface area is 137 Å². The lowest BCUT2D eigenvalue weighted by molar-refractivity contribution is 1.63. The van der Waals surface area contributed by atoms with Gasteiger partial charge in [-0.15, -0.1) is 0 Å². The van der Waals surface area contributed by atoms with Crippen LogP contribution in [0, 0.1) is 0 Å². The molecule has 0 atom stereocenters. The quantitative estimate of drug-likeness (QED) is 0.551. The van der Waals surface area contributed by atoms with Crippen molar-refractivity contribution in [2.75, 3.05) is 0 Å². The van der Waals surface area contributed by atoms with Crippen molar-refractivity contribution in [3.8, 4) is 0 Å². The maximum Gasteiger partial charge on any atom is 0.0775 e. The van der Waals surface area contributed by atoms with Gasteiger partial charge in [-0.25, -0.2) is 0 Å². The van der Waals surface area contributed by atoms with Crippen LogP contribution in [-0.4, -0.2) is 16.1 Å². The second-order valence-electron chi connectivity index (χ2n) is 8.08. The van der Waals surface area contributed by atoms with Crippen LogP contribution in [-0.2, 0) is 0 Å². The van der Waals surface area contributed by atoms with E-state index >= 15 is 0 Å². The molecule has 0 saturated heterocycles. The minimum Gasteiger partial charge on any atom is -0.0656 e. The van der Waals surface area contributed by atoms with Gasteiger partial charge in [0.25, 0.3) is 0 Å². The molecule has 22 heavy (non-hydrogen) atoms. The second-order valence-corrected chi connectivity index (χ2v) is 18.2. The van der Waals surface area contributed by atoms with Gasteiger partial charge < -0.3 is 0 Å². The van der Waals surface area contributed by atoms with Crippen LogP contribution in [0.15, 0.2) is 48.5 Å². The van der Waals surface area contributed by atoms with Crippen LogP contribution in [0.1, 0.15) is 11.1 Å². The van der Waals surface area contributed by atoms with Crippen LogP contribution in [0.4, 0.5) is 0 Å². The molecule has 0 aromatic heterocycles. The van der Waals surface area contributed by atoms with E-state index in [0.717, 1.165) is 0 Å². The van der Waals surface area contributed by atoms with Crippen molar-refractivity contribution in [3.05, 3.63) is 59.7 Å². The third-order valence-electron chi connectivity index (χ3n) is 4.02. The lowest BCUT2D eigenvalue weighted by Gasteiger charge is -2.16. The Kier molecular flexibility index (Phi) is 4.93. The minimum atomic E-state index is -1.19. The predicted octanol–water partition coefficient (Wildman–Crippen LogP) is 4.95. The first-order valence-electron chi connectivity index (χ1n) is 8.05. The highest BCUT2D eigenvalue weighted by molar-refractivity contribution is 6.89. The summed E-state index contributed by atoms with van der Waals surface area (Å²) in [6.45, 7) is 14.3. The highest BCUT2D eigenvalue weighted by Crippen LogP contribution is 2.10. The average molecular weight is 325 g/mol. The van der Waals surface area contributed by atoms with Crippen molar-refractivity contribution in [1.29, 1.82) is 0 Å². The third kappa shape index (κ3) is 4.55. The minimum absolute atomic E-state index is 1.19. The fraction of sp³-hybridized carbons (Fsp3) is 0.300. The van der Waals surface area contributed by atoms with Gasteiger partial charge in [0, 0.05) is 0 Å². The second kappa shape index (κ2) is 6.39. The van der Waals surface area contributed by atoms with Gasteiger partial charge in [0.05, 0.1) is 16.1 Å². The van der Waals surface area contributed by atoms with Gasteiger partial charge >= 0.3 is 0 Å². The fourth-order valence-electron chi connectivity index (χ4n) is 2.38. The zero-order chi connectivity index (χ0) is 16.4. The Balaban J connectivity index is 2.12. The number of hydrogen-bond donors (Lipinski definition) is 0. The van der Waals surface area contributed by atoms with E-state index in [1.807, 2.05) is 0 Å². The van der Waals surface area contributed by atoms with E-state index in [1.165, 1.54) is 21.5 Å². The molecule has 0 bridgehead atoms. The molecule has 0 nitrogen and oxygen atoms in total. The summed E-state index contributed by atoms with van der Waals surface area (Å²) in [5.74, 6) is 0. The largest absolute Gasteiger partial charge is 0.0775 e. The summed E-state index contributed by atoms with van der Waals surface area (Å²) in [5, 5.41) is 3.04. The molecule has 0 aliphatic heterocycles. The summed E-state index contributed by atoms with van der Waals surface area (Å²) in [6.07, 6.45) is 4.41. The van der Waals surface area contributed by atoms with E-state index in [2.05, 4.69) is 100.0 Å². The normalized spacial score (nSPS) is 12.8. The Hall–Kier alpha value is -1.39. The average Bonchev–Trinajstić information content (AvgIpc) is 2.44. The molecule has 0 fully saturated rings. The monoisotopic (exact) mass is 324 g/mol. The van der Waals surface area contributed by atoms with E-state index in [1.54, 1.807) is 0 Å². The van der Waals surface area contributed by atoms with Gasteiger partial charge in [-0.3, -0.25) is 0 Å². The summed E-state index contributed by atoms with van der Waals surface area (Å²) in [4.78, 5) is 0.